The molecular weight excluding hydrogens is 366 g/mol. The first kappa shape index (κ1) is 20.9. The summed E-state index contributed by atoms with van der Waals surface area (Å²) in [6.45, 7) is 8.52. The van der Waals surface area contributed by atoms with Gasteiger partial charge >= 0.3 is 6.09 Å². The van der Waals surface area contributed by atoms with Gasteiger partial charge in [0.15, 0.2) is 0 Å². The second kappa shape index (κ2) is 8.70. The predicted octanol–water partition coefficient (Wildman–Crippen LogP) is 5.83. The molecule has 2 aromatic carbocycles. The normalized spacial score (nSPS) is 11.6. The van der Waals surface area contributed by atoms with E-state index in [9.17, 15) is 4.79 Å². The van der Waals surface area contributed by atoms with E-state index >= 15 is 0 Å². The Balaban J connectivity index is 1.89. The van der Waals surface area contributed by atoms with Crippen LogP contribution in [0.1, 0.15) is 44.6 Å². The van der Waals surface area contributed by atoms with Gasteiger partial charge in [-0.25, -0.2) is 4.79 Å². The van der Waals surface area contributed by atoms with Crippen LogP contribution in [-0.2, 0) is 29.0 Å². The second-order valence-corrected chi connectivity index (χ2v) is 8.12. The molecule has 0 aliphatic carbocycles. The molecule has 0 saturated heterocycles. The topological polar surface area (TPSA) is 60.7 Å². The number of fused-ring (bicyclic) bond motifs is 1. The van der Waals surface area contributed by atoms with E-state index in [0.717, 1.165) is 39.8 Å². The van der Waals surface area contributed by atoms with Crippen LogP contribution in [0.4, 0.5) is 4.79 Å². The number of hydrogen-bond donors (Lipinski definition) is 1. The van der Waals surface area contributed by atoms with Crippen molar-refractivity contribution in [2.75, 3.05) is 7.11 Å². The van der Waals surface area contributed by atoms with Crippen molar-refractivity contribution >= 4 is 17.1 Å². The lowest BCUT2D eigenvalue weighted by Gasteiger charge is -2.19. The van der Waals surface area contributed by atoms with Crippen LogP contribution in [0.25, 0.3) is 22.1 Å². The number of ether oxygens (including phenoxy) is 2. The number of furan rings is 1. The highest BCUT2D eigenvalue weighted by atomic mass is 16.6. The Morgan fingerprint density at radius 2 is 1.90 bits per heavy atom. The SMILES string of the molecule is CCc1cc(-c2cccc(CNC(=O)OC(C)(C)C)c2)c2oc(COC)cc2c1. The van der Waals surface area contributed by atoms with Crippen LogP contribution >= 0.6 is 0 Å². The van der Waals surface area contributed by atoms with Gasteiger partial charge in [-0.1, -0.05) is 25.1 Å². The number of rotatable bonds is 6. The Hall–Kier alpha value is -2.79. The van der Waals surface area contributed by atoms with E-state index in [1.165, 1.54) is 5.56 Å². The third-order valence-corrected chi connectivity index (χ3v) is 4.50. The average Bonchev–Trinajstić information content (AvgIpc) is 3.07. The zero-order chi connectivity index (χ0) is 21.0. The Bertz CT molecular complexity index is 998. The lowest BCUT2D eigenvalue weighted by molar-refractivity contribution is 0.0523. The van der Waals surface area contributed by atoms with Crippen molar-refractivity contribution in [1.29, 1.82) is 0 Å². The Morgan fingerprint density at radius 1 is 1.10 bits per heavy atom. The number of amides is 1. The predicted molar refractivity (Wildman–Crippen MR) is 115 cm³/mol. The number of benzene rings is 2. The van der Waals surface area contributed by atoms with Gasteiger partial charge in [-0.3, -0.25) is 0 Å². The maximum Gasteiger partial charge on any atom is 0.407 e. The summed E-state index contributed by atoms with van der Waals surface area (Å²) in [6, 6.07) is 14.5. The number of carbonyl (C=O) groups excluding carboxylic acids is 1. The fraction of sp³-hybridized carbons (Fsp3) is 0.375. The summed E-state index contributed by atoms with van der Waals surface area (Å²) in [5.74, 6) is 0.805. The van der Waals surface area contributed by atoms with Crippen LogP contribution in [0.5, 0.6) is 0 Å². The molecule has 1 N–H and O–H groups in total. The van der Waals surface area contributed by atoms with Crippen LogP contribution in [0.2, 0.25) is 0 Å². The summed E-state index contributed by atoms with van der Waals surface area (Å²) in [5, 5.41) is 3.89. The van der Waals surface area contributed by atoms with E-state index < -0.39 is 11.7 Å². The van der Waals surface area contributed by atoms with E-state index in [-0.39, 0.29) is 0 Å². The van der Waals surface area contributed by atoms with Crippen molar-refractivity contribution in [3.05, 3.63) is 59.4 Å². The van der Waals surface area contributed by atoms with Gasteiger partial charge in [0.1, 0.15) is 23.6 Å². The van der Waals surface area contributed by atoms with Crippen molar-refractivity contribution in [2.45, 2.75) is 52.9 Å². The van der Waals surface area contributed by atoms with Crippen LogP contribution in [0, 0.1) is 0 Å². The standard InChI is InChI=1S/C24H29NO4/c1-6-16-10-19-13-20(15-27-5)28-22(19)21(12-16)18-9-7-8-17(11-18)14-25-23(26)29-24(2,3)4/h7-13H,6,14-15H2,1-5H3,(H,25,26). The molecule has 5 heteroatoms. The molecule has 0 saturated carbocycles. The van der Waals surface area contributed by atoms with Gasteiger partial charge in [-0.15, -0.1) is 0 Å². The van der Waals surface area contributed by atoms with E-state index in [4.69, 9.17) is 13.9 Å². The molecule has 1 aromatic heterocycles. The molecule has 154 valence electrons. The minimum Gasteiger partial charge on any atom is -0.458 e. The molecule has 1 heterocycles. The lowest BCUT2D eigenvalue weighted by Crippen LogP contribution is -2.32. The van der Waals surface area contributed by atoms with Crippen molar-refractivity contribution < 1.29 is 18.7 Å². The molecule has 0 radical (unpaired) electrons. The third-order valence-electron chi connectivity index (χ3n) is 4.50. The van der Waals surface area contributed by atoms with Gasteiger partial charge in [-0.2, -0.15) is 0 Å². The summed E-state index contributed by atoms with van der Waals surface area (Å²) in [4.78, 5) is 11.9. The first-order valence-electron chi connectivity index (χ1n) is 9.89. The van der Waals surface area contributed by atoms with Crippen LogP contribution < -0.4 is 5.32 Å². The highest BCUT2D eigenvalue weighted by Gasteiger charge is 2.16. The van der Waals surface area contributed by atoms with Gasteiger partial charge in [0, 0.05) is 24.6 Å². The quantitative estimate of drug-likeness (QED) is 0.570. The maximum absolute atomic E-state index is 11.9. The number of alkyl carbamates (subject to hydrolysis) is 1. The van der Waals surface area contributed by atoms with Crippen molar-refractivity contribution in [3.63, 3.8) is 0 Å². The minimum atomic E-state index is -0.517. The van der Waals surface area contributed by atoms with Crippen LogP contribution in [0.15, 0.2) is 46.9 Å². The van der Waals surface area contributed by atoms with Gasteiger partial charge in [0.05, 0.1) is 0 Å². The molecule has 0 aliphatic rings. The van der Waals surface area contributed by atoms with Crippen molar-refractivity contribution in [2.24, 2.45) is 0 Å². The molecule has 0 aliphatic heterocycles. The zero-order valence-corrected chi connectivity index (χ0v) is 17.8. The minimum absolute atomic E-state index is 0.395. The number of carbonyl (C=O) groups is 1. The van der Waals surface area contributed by atoms with Crippen molar-refractivity contribution in [1.82, 2.24) is 5.32 Å². The first-order chi connectivity index (χ1) is 13.8. The summed E-state index contributed by atoms with van der Waals surface area (Å²) < 4.78 is 16.6. The molecule has 0 unspecified atom stereocenters. The fourth-order valence-corrected chi connectivity index (χ4v) is 3.24. The largest absolute Gasteiger partial charge is 0.458 e. The van der Waals surface area contributed by atoms with E-state index in [1.54, 1.807) is 7.11 Å². The average molecular weight is 395 g/mol. The summed E-state index contributed by atoms with van der Waals surface area (Å²) >= 11 is 0. The highest BCUT2D eigenvalue weighted by Crippen LogP contribution is 2.33. The summed E-state index contributed by atoms with van der Waals surface area (Å²) in [6.07, 6.45) is 0.515. The summed E-state index contributed by atoms with van der Waals surface area (Å²) in [5.41, 5.74) is 4.66. The molecule has 5 nitrogen and oxygen atoms in total. The van der Waals surface area contributed by atoms with Crippen LogP contribution in [0.3, 0.4) is 0 Å². The van der Waals surface area contributed by atoms with Gasteiger partial charge < -0.3 is 19.2 Å². The Morgan fingerprint density at radius 3 is 2.59 bits per heavy atom. The zero-order valence-electron chi connectivity index (χ0n) is 17.8. The molecule has 3 aromatic rings. The molecular formula is C24H29NO4. The second-order valence-electron chi connectivity index (χ2n) is 8.12. The number of methoxy groups -OCH3 is 1. The van der Waals surface area contributed by atoms with E-state index in [2.05, 4.69) is 36.5 Å². The Labute approximate surface area is 172 Å². The first-order valence-corrected chi connectivity index (χ1v) is 9.89. The monoisotopic (exact) mass is 395 g/mol. The molecule has 1 amide bonds. The molecule has 0 atom stereocenters. The number of nitrogens with one attached hydrogen (secondary N) is 1. The molecule has 0 fully saturated rings. The van der Waals surface area contributed by atoms with Gasteiger partial charge in [0.25, 0.3) is 0 Å². The van der Waals surface area contributed by atoms with E-state index in [0.29, 0.717) is 13.2 Å². The molecule has 3 rings (SSSR count). The highest BCUT2D eigenvalue weighted by molar-refractivity contribution is 5.93. The van der Waals surface area contributed by atoms with Gasteiger partial charge in [0.2, 0.25) is 0 Å². The number of hydrogen-bond acceptors (Lipinski definition) is 4. The molecule has 0 spiro atoms. The Kier molecular flexibility index (Phi) is 6.28. The number of aryl methyl sites for hydroxylation is 1. The molecule has 0 bridgehead atoms. The van der Waals surface area contributed by atoms with Crippen LogP contribution in [-0.4, -0.2) is 18.8 Å². The maximum atomic E-state index is 11.9. The fourth-order valence-electron chi connectivity index (χ4n) is 3.24. The van der Waals surface area contributed by atoms with Crippen molar-refractivity contribution in [3.8, 4) is 11.1 Å². The lowest BCUT2D eigenvalue weighted by atomic mass is 9.98. The third kappa shape index (κ3) is 5.39. The summed E-state index contributed by atoms with van der Waals surface area (Å²) in [7, 11) is 1.66. The smallest absolute Gasteiger partial charge is 0.407 e. The molecule has 29 heavy (non-hydrogen) atoms. The van der Waals surface area contributed by atoms with E-state index in [1.807, 2.05) is 39.0 Å². The van der Waals surface area contributed by atoms with Gasteiger partial charge in [-0.05, 0) is 68.1 Å².